The van der Waals surface area contributed by atoms with Gasteiger partial charge in [0, 0.05) is 43.7 Å². The number of likely N-dealkylation sites (N-methyl/N-ethyl adjacent to an activating group) is 1. The van der Waals surface area contributed by atoms with Crippen molar-refractivity contribution in [2.24, 2.45) is 5.92 Å². The first-order chi connectivity index (χ1) is 17.2. The first kappa shape index (κ1) is 24.2. The molecule has 0 aliphatic carbocycles. The van der Waals surface area contributed by atoms with Gasteiger partial charge in [0.1, 0.15) is 17.0 Å². The zero-order valence-electron chi connectivity index (χ0n) is 20.5. The van der Waals surface area contributed by atoms with Crippen LogP contribution in [0.4, 0.5) is 5.82 Å². The Kier molecular flexibility index (Phi) is 7.91. The van der Waals surface area contributed by atoms with E-state index in [0.717, 1.165) is 77.7 Å². The molecule has 7 nitrogen and oxygen atoms in total. The molecule has 5 rings (SSSR count). The summed E-state index contributed by atoms with van der Waals surface area (Å²) >= 11 is 1.60. The van der Waals surface area contributed by atoms with Crippen LogP contribution in [0.1, 0.15) is 30.6 Å². The molecular formula is C27H35N5O2S. The lowest BCUT2D eigenvalue weighted by molar-refractivity contribution is -0.119. The topological polar surface area (TPSA) is 70.6 Å². The molecule has 0 unspecified atom stereocenters. The quantitative estimate of drug-likeness (QED) is 0.455. The minimum Gasteiger partial charge on any atom is -0.380 e. The summed E-state index contributed by atoms with van der Waals surface area (Å²) < 4.78 is 6.05. The zero-order chi connectivity index (χ0) is 24.0. The predicted octanol–water partition coefficient (Wildman–Crippen LogP) is 3.98. The van der Waals surface area contributed by atoms with Gasteiger partial charge in [-0.15, -0.1) is 11.3 Å². The predicted molar refractivity (Wildman–Crippen MR) is 142 cm³/mol. The lowest BCUT2D eigenvalue weighted by atomic mass is 9.97. The number of fused-ring (bicyclic) bond motifs is 1. The van der Waals surface area contributed by atoms with Crippen LogP contribution in [0.15, 0.2) is 36.7 Å². The van der Waals surface area contributed by atoms with Gasteiger partial charge in [-0.3, -0.25) is 4.79 Å². The van der Waals surface area contributed by atoms with Crippen LogP contribution >= 0.6 is 11.3 Å². The fourth-order valence-corrected chi connectivity index (χ4v) is 6.39. The normalized spacial score (nSPS) is 17.3. The molecule has 2 saturated heterocycles. The third-order valence-corrected chi connectivity index (χ3v) is 8.32. The van der Waals surface area contributed by atoms with Crippen LogP contribution in [-0.2, 0) is 16.0 Å². The third kappa shape index (κ3) is 5.66. The van der Waals surface area contributed by atoms with E-state index in [2.05, 4.69) is 32.2 Å². The number of likely N-dealkylation sites (tertiary alicyclic amines) is 1. The summed E-state index contributed by atoms with van der Waals surface area (Å²) in [6, 6.07) is 10.3. The van der Waals surface area contributed by atoms with Crippen LogP contribution in [-0.4, -0.2) is 73.8 Å². The Balaban J connectivity index is 1.31. The highest BCUT2D eigenvalue weighted by atomic mass is 32.1. The average Bonchev–Trinajstić information content (AvgIpc) is 3.55. The van der Waals surface area contributed by atoms with E-state index < -0.39 is 0 Å². The summed E-state index contributed by atoms with van der Waals surface area (Å²) in [6.45, 7) is 7.14. The monoisotopic (exact) mass is 493 g/mol. The third-order valence-electron chi connectivity index (χ3n) is 7.22. The minimum atomic E-state index is 0.00814. The number of hydrogen-bond donors (Lipinski definition) is 1. The van der Waals surface area contributed by atoms with E-state index in [9.17, 15) is 4.79 Å². The maximum absolute atomic E-state index is 12.3. The van der Waals surface area contributed by atoms with Crippen molar-refractivity contribution in [1.29, 1.82) is 0 Å². The first-order valence-corrected chi connectivity index (χ1v) is 13.6. The van der Waals surface area contributed by atoms with Crippen molar-refractivity contribution in [2.75, 3.05) is 57.9 Å². The SMILES string of the molecule is CNC(=O)Cc1sc2ncnc(N3CCC(COCCN4CCCC4)CC3)c2c1-c1ccccc1. The number of ether oxygens (including phenoxy) is 1. The van der Waals surface area contributed by atoms with Crippen molar-refractivity contribution < 1.29 is 9.53 Å². The summed E-state index contributed by atoms with van der Waals surface area (Å²) in [4.78, 5) is 28.5. The Morgan fingerprint density at radius 3 is 2.63 bits per heavy atom. The number of carbonyl (C=O) groups is 1. The Morgan fingerprint density at radius 2 is 1.89 bits per heavy atom. The van der Waals surface area contributed by atoms with E-state index in [1.54, 1.807) is 24.7 Å². The molecule has 1 N–H and O–H groups in total. The molecule has 0 atom stereocenters. The van der Waals surface area contributed by atoms with Crippen LogP contribution < -0.4 is 10.2 Å². The summed E-state index contributed by atoms with van der Waals surface area (Å²) in [6.07, 6.45) is 6.88. The number of thiophene rings is 1. The molecule has 0 radical (unpaired) electrons. The van der Waals surface area contributed by atoms with Gasteiger partial charge in [-0.1, -0.05) is 30.3 Å². The van der Waals surface area contributed by atoms with Crippen LogP contribution in [0.2, 0.25) is 0 Å². The minimum absolute atomic E-state index is 0.00814. The number of rotatable bonds is 9. The number of nitrogens with zero attached hydrogens (tertiary/aromatic N) is 4. The van der Waals surface area contributed by atoms with E-state index in [1.807, 2.05) is 18.2 Å². The van der Waals surface area contributed by atoms with Gasteiger partial charge in [0.05, 0.1) is 18.4 Å². The van der Waals surface area contributed by atoms with Gasteiger partial charge in [0.2, 0.25) is 5.91 Å². The van der Waals surface area contributed by atoms with Crippen LogP contribution in [0, 0.1) is 5.92 Å². The largest absolute Gasteiger partial charge is 0.380 e. The molecule has 2 aromatic heterocycles. The van der Waals surface area contributed by atoms with Gasteiger partial charge in [0.25, 0.3) is 0 Å². The Labute approximate surface area is 211 Å². The smallest absolute Gasteiger partial charge is 0.225 e. The summed E-state index contributed by atoms with van der Waals surface area (Å²) in [7, 11) is 1.68. The number of amides is 1. The number of benzene rings is 1. The Bertz CT molecular complexity index is 1120. The molecule has 186 valence electrons. The fourth-order valence-electron chi connectivity index (χ4n) is 5.23. The Morgan fingerprint density at radius 1 is 1.11 bits per heavy atom. The second kappa shape index (κ2) is 11.5. The zero-order valence-corrected chi connectivity index (χ0v) is 21.4. The first-order valence-electron chi connectivity index (χ1n) is 12.8. The number of anilines is 1. The molecule has 1 aromatic carbocycles. The summed E-state index contributed by atoms with van der Waals surface area (Å²) in [5.74, 6) is 1.59. The average molecular weight is 494 g/mol. The van der Waals surface area contributed by atoms with Gasteiger partial charge in [-0.25, -0.2) is 9.97 Å². The highest BCUT2D eigenvalue weighted by Gasteiger charge is 2.26. The summed E-state index contributed by atoms with van der Waals surface area (Å²) in [5, 5.41) is 3.83. The molecule has 2 aliphatic heterocycles. The van der Waals surface area contributed by atoms with Gasteiger partial charge >= 0.3 is 0 Å². The number of carbonyl (C=O) groups excluding carboxylic acids is 1. The maximum atomic E-state index is 12.3. The highest BCUT2D eigenvalue weighted by Crippen LogP contribution is 2.42. The molecule has 0 bridgehead atoms. The molecule has 8 heteroatoms. The van der Waals surface area contributed by atoms with Crippen molar-refractivity contribution in [2.45, 2.75) is 32.1 Å². The fraction of sp³-hybridized carbons (Fsp3) is 0.519. The number of piperidine rings is 1. The van der Waals surface area contributed by atoms with Gasteiger partial charge in [0.15, 0.2) is 0 Å². The molecule has 2 fully saturated rings. The molecule has 1 amide bonds. The van der Waals surface area contributed by atoms with Gasteiger partial charge in [-0.2, -0.15) is 0 Å². The lowest BCUT2D eigenvalue weighted by Crippen LogP contribution is -2.36. The molecule has 35 heavy (non-hydrogen) atoms. The molecule has 3 aromatic rings. The van der Waals surface area contributed by atoms with Crippen molar-refractivity contribution in [1.82, 2.24) is 20.2 Å². The Hall–Kier alpha value is -2.55. The van der Waals surface area contributed by atoms with E-state index in [1.165, 1.54) is 25.9 Å². The number of nitrogens with one attached hydrogen (secondary N) is 1. The van der Waals surface area contributed by atoms with Crippen molar-refractivity contribution in [3.05, 3.63) is 41.5 Å². The standard InChI is InChI=1S/C27H35N5O2S/c1-28-23(33)17-22-24(21-7-3-2-4-8-21)25-26(29-19-30-27(25)35-22)32-13-9-20(10-14-32)18-34-16-15-31-11-5-6-12-31/h2-4,7-8,19-20H,5-6,9-18H2,1H3,(H,28,33). The second-order valence-corrected chi connectivity index (χ2v) is 10.6. The molecule has 0 saturated carbocycles. The van der Waals surface area contributed by atoms with Crippen molar-refractivity contribution >= 4 is 33.3 Å². The van der Waals surface area contributed by atoms with E-state index in [0.29, 0.717) is 12.3 Å². The van der Waals surface area contributed by atoms with E-state index in [-0.39, 0.29) is 5.91 Å². The van der Waals surface area contributed by atoms with E-state index >= 15 is 0 Å². The van der Waals surface area contributed by atoms with Gasteiger partial charge in [-0.05, 0) is 50.3 Å². The highest BCUT2D eigenvalue weighted by molar-refractivity contribution is 7.19. The maximum Gasteiger partial charge on any atom is 0.225 e. The van der Waals surface area contributed by atoms with Crippen LogP contribution in [0.25, 0.3) is 21.3 Å². The van der Waals surface area contributed by atoms with Crippen LogP contribution in [0.3, 0.4) is 0 Å². The van der Waals surface area contributed by atoms with Crippen molar-refractivity contribution in [3.63, 3.8) is 0 Å². The van der Waals surface area contributed by atoms with Gasteiger partial charge < -0.3 is 19.9 Å². The molecule has 0 spiro atoms. The molecular weight excluding hydrogens is 458 g/mol. The number of aromatic nitrogens is 2. The van der Waals surface area contributed by atoms with Crippen LogP contribution in [0.5, 0.6) is 0 Å². The van der Waals surface area contributed by atoms with Crippen molar-refractivity contribution in [3.8, 4) is 11.1 Å². The molecule has 4 heterocycles. The lowest BCUT2D eigenvalue weighted by Gasteiger charge is -2.33. The number of hydrogen-bond acceptors (Lipinski definition) is 7. The van der Waals surface area contributed by atoms with E-state index in [4.69, 9.17) is 9.72 Å². The second-order valence-electron chi connectivity index (χ2n) is 9.55. The summed E-state index contributed by atoms with van der Waals surface area (Å²) in [5.41, 5.74) is 2.20. The molecule has 2 aliphatic rings.